The summed E-state index contributed by atoms with van der Waals surface area (Å²) in [5, 5.41) is 16.0. The minimum Gasteiger partial charge on any atom is -0.494 e. The number of unbranched alkanes of at least 4 members (excludes halogenated alkanes) is 1. The highest BCUT2D eigenvalue weighted by molar-refractivity contribution is 7.70. The molecule has 16 nitrogen and oxygen atoms in total. The van der Waals surface area contributed by atoms with Crippen molar-refractivity contribution in [2.45, 2.75) is 57.0 Å². The fourth-order valence-electron chi connectivity index (χ4n) is 7.67. The zero-order valence-corrected chi connectivity index (χ0v) is 35.2. The van der Waals surface area contributed by atoms with E-state index in [4.69, 9.17) is 16.3 Å². The van der Waals surface area contributed by atoms with Gasteiger partial charge in [0.15, 0.2) is 5.82 Å². The SMILES string of the molecule is COc1cc(N2CCC(NC(=O)CCCCNc3cccc4c3C(=O)N(C3CCC(=O)NC3=O)C4=O)CC2)ccc1Nc1ncc(Cl)c(Nc2ccccc2P(C)(C)=O)n1. The van der Waals surface area contributed by atoms with Crippen molar-refractivity contribution in [1.29, 1.82) is 0 Å². The van der Waals surface area contributed by atoms with E-state index in [0.29, 0.717) is 70.7 Å². The highest BCUT2D eigenvalue weighted by Gasteiger charge is 2.45. The number of rotatable bonds is 15. The van der Waals surface area contributed by atoms with E-state index in [1.807, 2.05) is 42.5 Å². The first kappa shape index (κ1) is 42.1. The molecule has 3 aromatic carbocycles. The van der Waals surface area contributed by atoms with Gasteiger partial charge in [0.2, 0.25) is 23.7 Å². The van der Waals surface area contributed by atoms with Crippen LogP contribution in [0.15, 0.2) is 66.9 Å². The van der Waals surface area contributed by atoms with Crippen molar-refractivity contribution in [3.05, 3.63) is 83.0 Å². The molecule has 0 saturated carbocycles. The zero-order valence-electron chi connectivity index (χ0n) is 33.5. The Morgan fingerprint density at radius 1 is 0.933 bits per heavy atom. The van der Waals surface area contributed by atoms with Crippen molar-refractivity contribution in [1.82, 2.24) is 25.5 Å². The standard InChI is InChI=1S/C42H47ClN9O7P/c1-59-33-23-26(14-15-29(33)48-42-45-24-28(43)38(50-42)47-30-10-4-5-12-34(30)60(2,3)58)51-21-18-25(19-22-51)46-35(53)13-6-7-20-44-31-11-8-9-27-37(31)41(57)52(40(27)56)32-16-17-36(54)49-39(32)55/h4-5,8-12,14-15,23-25,32,44H,6-7,13,16-22H2,1-3H3,(H,46,53)(H,49,54,55)(H2,45,47,48,50). The van der Waals surface area contributed by atoms with Gasteiger partial charge in [0.1, 0.15) is 24.0 Å². The van der Waals surface area contributed by atoms with Gasteiger partial charge in [0.05, 0.1) is 35.8 Å². The van der Waals surface area contributed by atoms with Crippen LogP contribution in [0.25, 0.3) is 0 Å². The van der Waals surface area contributed by atoms with E-state index in [9.17, 15) is 28.5 Å². The molecule has 18 heteroatoms. The molecule has 1 aromatic heterocycles. The average molecular weight is 856 g/mol. The molecule has 2 saturated heterocycles. The van der Waals surface area contributed by atoms with Crippen molar-refractivity contribution in [3.63, 3.8) is 0 Å². The Bertz CT molecular complexity index is 2380. The van der Waals surface area contributed by atoms with Crippen LogP contribution < -0.4 is 41.5 Å². The second kappa shape index (κ2) is 18.1. The van der Waals surface area contributed by atoms with Crippen molar-refractivity contribution in [2.24, 2.45) is 0 Å². The molecule has 3 aliphatic rings. The molecule has 60 heavy (non-hydrogen) atoms. The van der Waals surface area contributed by atoms with Crippen LogP contribution in [0.1, 0.15) is 65.7 Å². The smallest absolute Gasteiger partial charge is 0.264 e. The number of hydrogen-bond acceptors (Lipinski definition) is 13. The Hall–Kier alpha value is -5.99. The summed E-state index contributed by atoms with van der Waals surface area (Å²) in [6.07, 6.45) is 4.82. The molecule has 0 bridgehead atoms. The monoisotopic (exact) mass is 855 g/mol. The van der Waals surface area contributed by atoms with Gasteiger partial charge < -0.3 is 35.5 Å². The van der Waals surface area contributed by atoms with Crippen LogP contribution in [0, 0.1) is 0 Å². The minimum atomic E-state index is -2.57. The second-order valence-electron chi connectivity index (χ2n) is 15.3. The molecule has 1 atom stereocenters. The number of carbonyl (C=O) groups excluding carboxylic acids is 5. The van der Waals surface area contributed by atoms with Crippen LogP contribution in [-0.4, -0.2) is 96.6 Å². The molecule has 3 aliphatic heterocycles. The molecule has 4 aromatic rings. The number of anilines is 6. The van der Waals surface area contributed by atoms with E-state index < -0.39 is 36.8 Å². The van der Waals surface area contributed by atoms with E-state index in [1.165, 1.54) is 6.20 Å². The fourth-order valence-corrected chi connectivity index (χ4v) is 8.96. The van der Waals surface area contributed by atoms with Gasteiger partial charge in [-0.1, -0.05) is 29.8 Å². The summed E-state index contributed by atoms with van der Waals surface area (Å²) in [4.78, 5) is 75.5. The first-order chi connectivity index (χ1) is 28.8. The molecule has 1 unspecified atom stereocenters. The van der Waals surface area contributed by atoms with Gasteiger partial charge in [0, 0.05) is 61.3 Å². The largest absolute Gasteiger partial charge is 0.494 e. The van der Waals surface area contributed by atoms with Crippen LogP contribution in [-0.2, 0) is 18.9 Å². The summed E-state index contributed by atoms with van der Waals surface area (Å²) in [6.45, 7) is 5.38. The van der Waals surface area contributed by atoms with Gasteiger partial charge >= 0.3 is 0 Å². The van der Waals surface area contributed by atoms with Crippen LogP contribution in [0.5, 0.6) is 5.75 Å². The third-order valence-electron chi connectivity index (χ3n) is 10.8. The second-order valence-corrected chi connectivity index (χ2v) is 18.9. The van der Waals surface area contributed by atoms with Crippen molar-refractivity contribution in [3.8, 4) is 5.75 Å². The van der Waals surface area contributed by atoms with Gasteiger partial charge in [-0.3, -0.25) is 34.2 Å². The third-order valence-corrected chi connectivity index (χ3v) is 12.6. The van der Waals surface area contributed by atoms with E-state index >= 15 is 0 Å². The summed E-state index contributed by atoms with van der Waals surface area (Å²) < 4.78 is 18.6. The quantitative estimate of drug-likeness (QED) is 0.0559. The minimum absolute atomic E-state index is 0.0190. The van der Waals surface area contributed by atoms with Crippen LogP contribution in [0.4, 0.5) is 34.5 Å². The summed E-state index contributed by atoms with van der Waals surface area (Å²) in [5.74, 6) is -0.957. The van der Waals surface area contributed by atoms with Crippen molar-refractivity contribution < 1.29 is 33.3 Å². The predicted octanol–water partition coefficient (Wildman–Crippen LogP) is 5.64. The number of nitrogens with one attached hydrogen (secondary N) is 5. The van der Waals surface area contributed by atoms with Gasteiger partial charge in [-0.25, -0.2) is 4.98 Å². The summed E-state index contributed by atoms with van der Waals surface area (Å²) >= 11 is 6.45. The molecular formula is C42H47ClN9O7P. The molecule has 7 rings (SSSR count). The van der Waals surface area contributed by atoms with E-state index in [-0.39, 0.29) is 35.9 Å². The molecule has 4 heterocycles. The maximum absolute atomic E-state index is 13.3. The Balaban J connectivity index is 0.860. The summed E-state index contributed by atoms with van der Waals surface area (Å²) in [7, 11) is -0.975. The number of ether oxygens (including phenoxy) is 1. The third kappa shape index (κ3) is 9.40. The van der Waals surface area contributed by atoms with Gasteiger partial charge in [-0.2, -0.15) is 4.98 Å². The lowest BCUT2D eigenvalue weighted by Gasteiger charge is -2.34. The number of nitrogens with zero attached hydrogens (tertiary/aromatic N) is 4. The first-order valence-electron chi connectivity index (χ1n) is 19.8. The van der Waals surface area contributed by atoms with Crippen molar-refractivity contribution in [2.75, 3.05) is 60.9 Å². The number of para-hydroxylation sites is 1. The van der Waals surface area contributed by atoms with E-state index in [1.54, 1.807) is 38.6 Å². The molecule has 0 spiro atoms. The number of amides is 5. The lowest BCUT2D eigenvalue weighted by atomic mass is 10.0. The van der Waals surface area contributed by atoms with Crippen LogP contribution >= 0.6 is 18.7 Å². The number of piperidine rings is 2. The Kier molecular flexibility index (Phi) is 12.7. The predicted molar refractivity (Wildman–Crippen MR) is 231 cm³/mol. The molecule has 5 N–H and O–H groups in total. The zero-order chi connectivity index (χ0) is 42.6. The number of hydrogen-bond donors (Lipinski definition) is 5. The Morgan fingerprint density at radius 3 is 2.45 bits per heavy atom. The summed E-state index contributed by atoms with van der Waals surface area (Å²) in [5.41, 5.74) is 3.21. The number of imide groups is 2. The Morgan fingerprint density at radius 2 is 1.70 bits per heavy atom. The van der Waals surface area contributed by atoms with Gasteiger partial charge in [-0.15, -0.1) is 0 Å². The number of halogens is 1. The molecule has 5 amide bonds. The van der Waals surface area contributed by atoms with Crippen LogP contribution in [0.3, 0.4) is 0 Å². The number of benzene rings is 3. The number of aromatic nitrogens is 2. The Labute approximate surface area is 352 Å². The molecular weight excluding hydrogens is 809 g/mol. The lowest BCUT2D eigenvalue weighted by Crippen LogP contribution is -2.54. The molecule has 2 fully saturated rings. The fraction of sp³-hybridized carbons (Fsp3) is 0.357. The van der Waals surface area contributed by atoms with Crippen LogP contribution in [0.2, 0.25) is 5.02 Å². The average Bonchev–Trinajstić information content (AvgIpc) is 3.48. The van der Waals surface area contributed by atoms with E-state index in [0.717, 1.165) is 36.5 Å². The van der Waals surface area contributed by atoms with Gasteiger partial charge in [-0.05, 0) is 81.8 Å². The topological polar surface area (TPSA) is 204 Å². The van der Waals surface area contributed by atoms with Crippen molar-refractivity contribution >= 4 is 88.1 Å². The summed E-state index contributed by atoms with van der Waals surface area (Å²) in [6, 6.07) is 17.2. The van der Waals surface area contributed by atoms with Gasteiger partial charge in [0.25, 0.3) is 11.8 Å². The maximum Gasteiger partial charge on any atom is 0.264 e. The number of methoxy groups -OCH3 is 1. The number of carbonyl (C=O) groups is 5. The highest BCUT2D eigenvalue weighted by Crippen LogP contribution is 2.39. The lowest BCUT2D eigenvalue weighted by molar-refractivity contribution is -0.136. The molecule has 314 valence electrons. The normalized spacial score (nSPS) is 17.0. The molecule has 0 radical (unpaired) electrons. The highest BCUT2D eigenvalue weighted by atomic mass is 35.5. The van der Waals surface area contributed by atoms with E-state index in [2.05, 4.69) is 41.5 Å². The number of fused-ring (bicyclic) bond motifs is 1. The molecule has 0 aliphatic carbocycles. The first-order valence-corrected chi connectivity index (χ1v) is 22.8. The maximum atomic E-state index is 13.3.